The molecule has 0 radical (unpaired) electrons. The van der Waals surface area contributed by atoms with Gasteiger partial charge >= 0.3 is 75.5 Å². The van der Waals surface area contributed by atoms with Crippen LogP contribution in [-0.2, 0) is 4.74 Å². The van der Waals surface area contributed by atoms with Gasteiger partial charge in [0.1, 0.15) is 0 Å². The Morgan fingerprint density at radius 2 is 1.20 bits per heavy atom. The molecule has 0 saturated heterocycles. The van der Waals surface area contributed by atoms with E-state index in [1.54, 1.807) is 14.2 Å². The van der Waals surface area contributed by atoms with E-state index in [-0.39, 0.29) is 81.2 Å². The SMILES string of the molecule is COC.[Ca+2].[Ca+2].[H-].[H-].[H-].[H-]. The van der Waals surface area contributed by atoms with Crippen molar-refractivity contribution in [1.29, 1.82) is 0 Å². The Morgan fingerprint density at radius 1 is 1.20 bits per heavy atom. The van der Waals surface area contributed by atoms with E-state index in [9.17, 15) is 0 Å². The van der Waals surface area contributed by atoms with Crippen molar-refractivity contribution in [3.05, 3.63) is 0 Å². The summed E-state index contributed by atoms with van der Waals surface area (Å²) in [6, 6.07) is 0. The molecule has 0 rings (SSSR count). The summed E-state index contributed by atoms with van der Waals surface area (Å²) in [4.78, 5) is 0. The molecule has 5 heavy (non-hydrogen) atoms. The summed E-state index contributed by atoms with van der Waals surface area (Å²) >= 11 is 0. The van der Waals surface area contributed by atoms with Gasteiger partial charge in [0.25, 0.3) is 0 Å². The number of rotatable bonds is 0. The second kappa shape index (κ2) is 16.1. The first-order valence-corrected chi connectivity index (χ1v) is 0.816. The van der Waals surface area contributed by atoms with Crippen molar-refractivity contribution in [2.24, 2.45) is 0 Å². The largest absolute Gasteiger partial charge is 2.00 e. The fourth-order valence-corrected chi connectivity index (χ4v) is 0. The van der Waals surface area contributed by atoms with Crippen LogP contribution in [0.4, 0.5) is 0 Å². The second-order valence-electron chi connectivity index (χ2n) is 0.408. The van der Waals surface area contributed by atoms with Gasteiger partial charge in [-0.1, -0.05) is 0 Å². The van der Waals surface area contributed by atoms with Gasteiger partial charge in [-0.25, -0.2) is 0 Å². The molecule has 0 aromatic carbocycles. The van der Waals surface area contributed by atoms with Crippen molar-refractivity contribution in [3.8, 4) is 0 Å². The molecule has 0 saturated carbocycles. The van der Waals surface area contributed by atoms with E-state index >= 15 is 0 Å². The molecule has 0 aromatic heterocycles. The summed E-state index contributed by atoms with van der Waals surface area (Å²) in [6.07, 6.45) is 0. The number of hydrogen-bond acceptors (Lipinski definition) is 1. The molecule has 0 aliphatic rings. The molecule has 0 bridgehead atoms. The molecule has 0 aliphatic heterocycles. The van der Waals surface area contributed by atoms with Gasteiger partial charge in [-0.05, 0) is 0 Å². The monoisotopic (exact) mass is 130 g/mol. The van der Waals surface area contributed by atoms with Crippen molar-refractivity contribution in [3.63, 3.8) is 0 Å². The molecule has 0 fully saturated rings. The predicted octanol–water partition coefficient (Wildman–Crippen LogP) is -0.0490. The van der Waals surface area contributed by atoms with Gasteiger partial charge in [-0.3, -0.25) is 0 Å². The van der Waals surface area contributed by atoms with Gasteiger partial charge in [-0.2, -0.15) is 0 Å². The quantitative estimate of drug-likeness (QED) is 0.418. The van der Waals surface area contributed by atoms with Crippen molar-refractivity contribution in [2.75, 3.05) is 14.2 Å². The Bertz CT molecular complexity index is 16.5. The van der Waals surface area contributed by atoms with Crippen molar-refractivity contribution in [1.82, 2.24) is 0 Å². The third kappa shape index (κ3) is 21.1. The van der Waals surface area contributed by atoms with Crippen LogP contribution in [0.3, 0.4) is 0 Å². The normalized spacial score (nSPS) is 3.60. The Morgan fingerprint density at radius 3 is 1.20 bits per heavy atom. The van der Waals surface area contributed by atoms with Gasteiger partial charge in [0.2, 0.25) is 0 Å². The minimum Gasteiger partial charge on any atom is -1.00 e. The zero-order valence-electron chi connectivity index (χ0n) is 7.82. The molecule has 28 valence electrons. The van der Waals surface area contributed by atoms with E-state index in [0.717, 1.165) is 0 Å². The van der Waals surface area contributed by atoms with Crippen LogP contribution in [0.15, 0.2) is 0 Å². The zero-order valence-corrected chi connectivity index (χ0v) is 8.24. The molecule has 0 atom stereocenters. The summed E-state index contributed by atoms with van der Waals surface area (Å²) in [7, 11) is 3.25. The van der Waals surface area contributed by atoms with Gasteiger partial charge in [0, 0.05) is 14.2 Å². The summed E-state index contributed by atoms with van der Waals surface area (Å²) in [5, 5.41) is 0. The Hall–Kier alpha value is 2.48. The summed E-state index contributed by atoms with van der Waals surface area (Å²) in [5.41, 5.74) is 0. The molecule has 0 amide bonds. The number of ether oxygens (including phenoxy) is 1. The molecular weight excluding hydrogens is 120 g/mol. The van der Waals surface area contributed by atoms with E-state index in [4.69, 9.17) is 0 Å². The topological polar surface area (TPSA) is 9.23 Å². The third-order valence-electron chi connectivity index (χ3n) is 0. The first kappa shape index (κ1) is 15.6. The van der Waals surface area contributed by atoms with Crippen LogP contribution in [0.1, 0.15) is 5.71 Å². The average molecular weight is 130 g/mol. The maximum absolute atomic E-state index is 4.25. The van der Waals surface area contributed by atoms with Crippen LogP contribution >= 0.6 is 0 Å². The minimum atomic E-state index is 0. The number of methoxy groups -OCH3 is 1. The van der Waals surface area contributed by atoms with Gasteiger partial charge in [0.15, 0.2) is 0 Å². The molecule has 3 heteroatoms. The van der Waals surface area contributed by atoms with Crippen molar-refractivity contribution < 1.29 is 10.4 Å². The third-order valence-corrected chi connectivity index (χ3v) is 0. The Labute approximate surface area is 98.4 Å². The van der Waals surface area contributed by atoms with E-state index in [0.29, 0.717) is 0 Å². The van der Waals surface area contributed by atoms with E-state index in [1.807, 2.05) is 0 Å². The van der Waals surface area contributed by atoms with E-state index < -0.39 is 0 Å². The average Bonchev–Trinajstić information content (AvgIpc) is 0.918. The van der Waals surface area contributed by atoms with E-state index in [2.05, 4.69) is 4.74 Å². The van der Waals surface area contributed by atoms with Crippen molar-refractivity contribution in [2.45, 2.75) is 0 Å². The van der Waals surface area contributed by atoms with Crippen molar-refractivity contribution >= 4 is 75.5 Å². The van der Waals surface area contributed by atoms with Crippen LogP contribution in [-0.4, -0.2) is 89.7 Å². The maximum Gasteiger partial charge on any atom is 2.00 e. The Kier molecular flexibility index (Phi) is 50.3. The molecule has 0 spiro atoms. The van der Waals surface area contributed by atoms with Crippen LogP contribution < -0.4 is 0 Å². The fourth-order valence-electron chi connectivity index (χ4n) is 0. The van der Waals surface area contributed by atoms with Gasteiger partial charge in [-0.15, -0.1) is 0 Å². The predicted molar refractivity (Wildman–Crippen MR) is 28.9 cm³/mol. The smallest absolute Gasteiger partial charge is 1.00 e. The summed E-state index contributed by atoms with van der Waals surface area (Å²) in [5.74, 6) is 0. The van der Waals surface area contributed by atoms with Crippen LogP contribution in [0.2, 0.25) is 0 Å². The molecular formula is C2H10Ca2O. The first-order chi connectivity index (χ1) is 1.41. The first-order valence-electron chi connectivity index (χ1n) is 0.816. The Balaban J connectivity index is -0.00000000133. The second-order valence-corrected chi connectivity index (χ2v) is 0.408. The molecule has 1 nitrogen and oxygen atoms in total. The summed E-state index contributed by atoms with van der Waals surface area (Å²) < 4.78 is 4.25. The van der Waals surface area contributed by atoms with Crippen LogP contribution in [0, 0.1) is 0 Å². The van der Waals surface area contributed by atoms with E-state index in [1.165, 1.54) is 0 Å². The molecule has 0 unspecified atom stereocenters. The van der Waals surface area contributed by atoms with Crippen LogP contribution in [0.5, 0.6) is 0 Å². The maximum atomic E-state index is 4.25. The molecule has 0 aromatic rings. The standard InChI is InChI=1S/C2H6O.2Ca.4H/c1-3-2;;;;;;/h1-2H3;;;;;;/q;2*+2;4*-1. The van der Waals surface area contributed by atoms with Gasteiger partial charge in [0.05, 0.1) is 0 Å². The van der Waals surface area contributed by atoms with Crippen LogP contribution in [0.25, 0.3) is 0 Å². The molecule has 0 aliphatic carbocycles. The minimum absolute atomic E-state index is 0. The molecule has 0 heterocycles. The zero-order chi connectivity index (χ0) is 2.71. The van der Waals surface area contributed by atoms with Gasteiger partial charge < -0.3 is 10.4 Å². The molecule has 0 N–H and O–H groups in total. The number of hydrogen-bond donors (Lipinski definition) is 0. The fraction of sp³-hybridized carbons (Fsp3) is 1.00. The summed E-state index contributed by atoms with van der Waals surface area (Å²) in [6.45, 7) is 0.